The van der Waals surface area contributed by atoms with Gasteiger partial charge in [-0.25, -0.2) is 18.4 Å². The van der Waals surface area contributed by atoms with E-state index in [0.29, 0.717) is 5.56 Å². The Labute approximate surface area is 124 Å². The van der Waals surface area contributed by atoms with E-state index in [1.165, 1.54) is 6.20 Å². The van der Waals surface area contributed by atoms with Crippen LogP contribution in [-0.4, -0.2) is 36.7 Å². The summed E-state index contributed by atoms with van der Waals surface area (Å²) in [7, 11) is -3.47. The standard InChI is InChI=1S/C11H16ClN3O2S.ClH/c1-8-6-14-11(15-10(8)12)18(16,17)7-9-4-2-3-5-13-9;/h6,9,13H,2-5,7H2,1H3;1H. The fraction of sp³-hybridized carbons (Fsp3) is 0.636. The zero-order valence-corrected chi connectivity index (χ0v) is 13.0. The lowest BCUT2D eigenvalue weighted by molar-refractivity contribution is 0.423. The summed E-state index contributed by atoms with van der Waals surface area (Å²) < 4.78 is 24.3. The first-order valence-electron chi connectivity index (χ1n) is 5.94. The lowest BCUT2D eigenvalue weighted by atomic mass is 10.1. The van der Waals surface area contributed by atoms with Crippen molar-refractivity contribution in [2.24, 2.45) is 0 Å². The largest absolute Gasteiger partial charge is 0.313 e. The van der Waals surface area contributed by atoms with Crippen molar-refractivity contribution in [3.63, 3.8) is 0 Å². The Hall–Kier alpha value is -0.430. The molecular formula is C11H17Cl2N3O2S. The summed E-state index contributed by atoms with van der Waals surface area (Å²) in [6, 6.07) is -0.00701. The molecule has 1 N–H and O–H groups in total. The van der Waals surface area contributed by atoms with Crippen molar-refractivity contribution in [3.8, 4) is 0 Å². The molecule has 1 aromatic rings. The molecular weight excluding hydrogens is 309 g/mol. The van der Waals surface area contributed by atoms with Crippen LogP contribution in [0.3, 0.4) is 0 Å². The molecule has 0 amide bonds. The van der Waals surface area contributed by atoms with Crippen LogP contribution in [0.4, 0.5) is 0 Å². The van der Waals surface area contributed by atoms with Crippen molar-refractivity contribution in [1.82, 2.24) is 15.3 Å². The third-order valence-electron chi connectivity index (χ3n) is 3.00. The minimum absolute atomic E-state index is 0. The van der Waals surface area contributed by atoms with Crippen LogP contribution in [0, 0.1) is 6.92 Å². The summed E-state index contributed by atoms with van der Waals surface area (Å²) in [4.78, 5) is 7.71. The fourth-order valence-corrected chi connectivity index (χ4v) is 3.55. The van der Waals surface area contributed by atoms with E-state index >= 15 is 0 Å². The van der Waals surface area contributed by atoms with Gasteiger partial charge in [-0.2, -0.15) is 0 Å². The number of aromatic nitrogens is 2. The number of rotatable bonds is 3. The average molecular weight is 326 g/mol. The first kappa shape index (κ1) is 16.6. The molecule has 2 heterocycles. The maximum atomic E-state index is 12.1. The molecule has 1 fully saturated rings. The molecule has 0 bridgehead atoms. The molecule has 1 saturated heterocycles. The van der Waals surface area contributed by atoms with E-state index in [4.69, 9.17) is 11.6 Å². The molecule has 0 aromatic carbocycles. The van der Waals surface area contributed by atoms with Crippen LogP contribution in [0.2, 0.25) is 5.15 Å². The zero-order chi connectivity index (χ0) is 13.2. The highest BCUT2D eigenvalue weighted by Gasteiger charge is 2.25. The number of sulfone groups is 1. The third kappa shape index (κ3) is 4.27. The molecule has 8 heteroatoms. The second-order valence-corrected chi connectivity index (χ2v) is 6.84. The molecule has 19 heavy (non-hydrogen) atoms. The van der Waals surface area contributed by atoms with Crippen LogP contribution in [0.15, 0.2) is 11.4 Å². The van der Waals surface area contributed by atoms with E-state index in [9.17, 15) is 8.42 Å². The van der Waals surface area contributed by atoms with Crippen molar-refractivity contribution in [1.29, 1.82) is 0 Å². The van der Waals surface area contributed by atoms with Crippen molar-refractivity contribution in [2.45, 2.75) is 37.4 Å². The van der Waals surface area contributed by atoms with E-state index in [1.54, 1.807) is 6.92 Å². The van der Waals surface area contributed by atoms with Gasteiger partial charge in [0.15, 0.2) is 0 Å². The summed E-state index contributed by atoms with van der Waals surface area (Å²) in [5, 5.41) is 3.22. The normalized spacial score (nSPS) is 19.8. The van der Waals surface area contributed by atoms with Gasteiger partial charge >= 0.3 is 0 Å². The number of hydrogen-bond acceptors (Lipinski definition) is 5. The fourth-order valence-electron chi connectivity index (χ4n) is 1.96. The summed E-state index contributed by atoms with van der Waals surface area (Å²) in [6.45, 7) is 2.61. The van der Waals surface area contributed by atoms with Crippen LogP contribution in [-0.2, 0) is 9.84 Å². The Bertz CT molecular complexity index is 531. The smallest absolute Gasteiger partial charge is 0.248 e. The molecule has 0 aliphatic carbocycles. The first-order valence-corrected chi connectivity index (χ1v) is 7.97. The number of nitrogens with one attached hydrogen (secondary N) is 1. The van der Waals surface area contributed by atoms with Crippen molar-refractivity contribution < 1.29 is 8.42 Å². The van der Waals surface area contributed by atoms with E-state index in [-0.39, 0.29) is 34.5 Å². The molecule has 0 spiro atoms. The van der Waals surface area contributed by atoms with Crippen LogP contribution in [0.5, 0.6) is 0 Å². The van der Waals surface area contributed by atoms with Gasteiger partial charge in [0.1, 0.15) is 5.15 Å². The second-order valence-electron chi connectivity index (χ2n) is 4.55. The predicted octanol–water partition coefficient (Wildman–Crippen LogP) is 1.78. The number of halogens is 2. The summed E-state index contributed by atoms with van der Waals surface area (Å²) in [6.07, 6.45) is 4.47. The van der Waals surface area contributed by atoms with E-state index in [2.05, 4.69) is 15.3 Å². The van der Waals surface area contributed by atoms with Crippen molar-refractivity contribution in [3.05, 3.63) is 16.9 Å². The minimum Gasteiger partial charge on any atom is -0.313 e. The lowest BCUT2D eigenvalue weighted by Crippen LogP contribution is -2.39. The molecule has 0 saturated carbocycles. The van der Waals surface area contributed by atoms with Gasteiger partial charge in [0, 0.05) is 17.8 Å². The van der Waals surface area contributed by atoms with E-state index in [1.807, 2.05) is 0 Å². The number of hydrogen-bond donors (Lipinski definition) is 1. The van der Waals surface area contributed by atoms with Gasteiger partial charge in [-0.05, 0) is 26.3 Å². The molecule has 2 rings (SSSR count). The molecule has 108 valence electrons. The van der Waals surface area contributed by atoms with Crippen LogP contribution < -0.4 is 5.32 Å². The molecule has 5 nitrogen and oxygen atoms in total. The van der Waals surface area contributed by atoms with Gasteiger partial charge in [-0.1, -0.05) is 18.0 Å². The molecule has 1 unspecified atom stereocenters. The molecule has 1 aliphatic heterocycles. The lowest BCUT2D eigenvalue weighted by Gasteiger charge is -2.22. The second kappa shape index (κ2) is 6.83. The van der Waals surface area contributed by atoms with Gasteiger partial charge in [0.25, 0.3) is 0 Å². The molecule has 1 aromatic heterocycles. The van der Waals surface area contributed by atoms with Gasteiger partial charge in [-0.15, -0.1) is 12.4 Å². The van der Waals surface area contributed by atoms with Gasteiger partial charge in [0.2, 0.25) is 15.0 Å². The monoisotopic (exact) mass is 325 g/mol. The Morgan fingerprint density at radius 2 is 2.21 bits per heavy atom. The minimum atomic E-state index is -3.47. The van der Waals surface area contributed by atoms with Crippen LogP contribution in [0.1, 0.15) is 24.8 Å². The number of nitrogens with zero attached hydrogens (tertiary/aromatic N) is 2. The highest BCUT2D eigenvalue weighted by atomic mass is 35.5. The molecule has 1 atom stereocenters. The average Bonchev–Trinajstić information content (AvgIpc) is 2.33. The highest BCUT2D eigenvalue weighted by molar-refractivity contribution is 7.91. The Morgan fingerprint density at radius 1 is 1.47 bits per heavy atom. The number of aryl methyl sites for hydroxylation is 1. The van der Waals surface area contributed by atoms with Gasteiger partial charge in [-0.3, -0.25) is 0 Å². The zero-order valence-electron chi connectivity index (χ0n) is 10.6. The summed E-state index contributed by atoms with van der Waals surface area (Å²) in [5.41, 5.74) is 0.673. The van der Waals surface area contributed by atoms with Crippen molar-refractivity contribution in [2.75, 3.05) is 12.3 Å². The molecule has 0 radical (unpaired) electrons. The van der Waals surface area contributed by atoms with Gasteiger partial charge in [0.05, 0.1) is 5.75 Å². The Morgan fingerprint density at radius 3 is 2.79 bits per heavy atom. The molecule has 1 aliphatic rings. The summed E-state index contributed by atoms with van der Waals surface area (Å²) in [5.74, 6) is 0.0341. The first-order chi connectivity index (χ1) is 8.49. The van der Waals surface area contributed by atoms with E-state index in [0.717, 1.165) is 25.8 Å². The Balaban J connectivity index is 0.00000180. The van der Waals surface area contributed by atoms with Gasteiger partial charge < -0.3 is 5.32 Å². The van der Waals surface area contributed by atoms with E-state index < -0.39 is 9.84 Å². The van der Waals surface area contributed by atoms with Crippen LogP contribution in [0.25, 0.3) is 0 Å². The predicted molar refractivity (Wildman–Crippen MR) is 76.7 cm³/mol. The maximum absolute atomic E-state index is 12.1. The third-order valence-corrected chi connectivity index (χ3v) is 4.98. The Kier molecular flexibility index (Phi) is 5.98. The quantitative estimate of drug-likeness (QED) is 0.677. The summed E-state index contributed by atoms with van der Waals surface area (Å²) >= 11 is 5.83. The SMILES string of the molecule is Cc1cnc(S(=O)(=O)CC2CCCCN2)nc1Cl.Cl. The highest BCUT2D eigenvalue weighted by Crippen LogP contribution is 2.16. The topological polar surface area (TPSA) is 72.0 Å². The number of piperidine rings is 1. The maximum Gasteiger partial charge on any atom is 0.248 e. The van der Waals surface area contributed by atoms with Crippen LogP contribution >= 0.6 is 24.0 Å². The van der Waals surface area contributed by atoms with Crippen molar-refractivity contribution >= 4 is 33.8 Å².